The molecule has 2 fully saturated rings. The number of carbonyl (C=O) groups is 1. The van der Waals surface area contributed by atoms with Crippen molar-refractivity contribution in [3.05, 3.63) is 0 Å². The van der Waals surface area contributed by atoms with Crippen LogP contribution in [0.3, 0.4) is 0 Å². The van der Waals surface area contributed by atoms with Gasteiger partial charge >= 0.3 is 10.2 Å². The van der Waals surface area contributed by atoms with Crippen LogP contribution >= 0.6 is 0 Å². The van der Waals surface area contributed by atoms with Gasteiger partial charge in [-0.3, -0.25) is 4.79 Å². The van der Waals surface area contributed by atoms with Gasteiger partial charge < -0.3 is 14.4 Å². The van der Waals surface area contributed by atoms with Gasteiger partial charge in [-0.2, -0.15) is 8.42 Å². The molecule has 0 bridgehead atoms. The summed E-state index contributed by atoms with van der Waals surface area (Å²) < 4.78 is 45.3. The van der Waals surface area contributed by atoms with Crippen molar-refractivity contribution in [3.8, 4) is 0 Å². The maximum atomic E-state index is 12.9. The molecule has 2 aliphatic heterocycles. The van der Waals surface area contributed by atoms with Gasteiger partial charge in [-0.05, 0) is 13.8 Å². The molecule has 0 N–H and O–H groups in total. The fraction of sp³-hybridized carbons (Fsp3) is 0.900. The van der Waals surface area contributed by atoms with Gasteiger partial charge in [0.05, 0.1) is 19.3 Å². The molecule has 1 amide bonds. The van der Waals surface area contributed by atoms with E-state index in [2.05, 4.69) is 0 Å². The maximum absolute atomic E-state index is 12.9. The summed E-state index contributed by atoms with van der Waals surface area (Å²) >= 11 is 0. The second-order valence-electron chi connectivity index (χ2n) is 5.02. The van der Waals surface area contributed by atoms with Crippen LogP contribution in [-0.4, -0.2) is 56.1 Å². The minimum absolute atomic E-state index is 0.129. The smallest absolute Gasteiger partial charge is 0.307 e. The van der Waals surface area contributed by atoms with Crippen molar-refractivity contribution >= 4 is 16.1 Å². The Labute approximate surface area is 105 Å². The van der Waals surface area contributed by atoms with Crippen molar-refractivity contribution in [1.82, 2.24) is 4.90 Å². The van der Waals surface area contributed by atoms with Crippen LogP contribution in [0.15, 0.2) is 0 Å². The fourth-order valence-electron chi connectivity index (χ4n) is 2.10. The van der Waals surface area contributed by atoms with Crippen molar-refractivity contribution in [2.24, 2.45) is 0 Å². The zero-order valence-corrected chi connectivity index (χ0v) is 11.1. The number of rotatable bonds is 2. The molecule has 0 saturated carbocycles. The lowest BCUT2D eigenvalue weighted by molar-refractivity contribution is -0.262. The summed E-state index contributed by atoms with van der Waals surface area (Å²) in [7, 11) is -4.67. The summed E-state index contributed by atoms with van der Waals surface area (Å²) in [6, 6.07) is -0.350. The first-order chi connectivity index (χ1) is 8.19. The summed E-state index contributed by atoms with van der Waals surface area (Å²) in [5.74, 6) is -1.08. The Balaban J connectivity index is 2.01. The summed E-state index contributed by atoms with van der Waals surface area (Å²) in [4.78, 5) is 13.0. The minimum atomic E-state index is -4.67. The average Bonchev–Trinajstić information content (AvgIpc) is 2.60. The predicted molar refractivity (Wildman–Crippen MR) is 59.9 cm³/mol. The third-order valence-electron chi connectivity index (χ3n) is 3.21. The van der Waals surface area contributed by atoms with Crippen molar-refractivity contribution in [3.63, 3.8) is 0 Å². The molecule has 2 saturated heterocycles. The number of halogens is 1. The van der Waals surface area contributed by atoms with Gasteiger partial charge in [0.25, 0.3) is 0 Å². The van der Waals surface area contributed by atoms with E-state index >= 15 is 0 Å². The Morgan fingerprint density at radius 3 is 2.33 bits per heavy atom. The van der Waals surface area contributed by atoms with Crippen LogP contribution in [-0.2, 0) is 24.5 Å². The molecule has 0 radical (unpaired) electrons. The van der Waals surface area contributed by atoms with Crippen LogP contribution in [0.5, 0.6) is 0 Å². The molecular formula is C10H16FNO5S. The predicted octanol–water partition coefficient (Wildman–Crippen LogP) is 0.0381. The topological polar surface area (TPSA) is 72.9 Å². The lowest BCUT2D eigenvalue weighted by Gasteiger charge is -2.38. The summed E-state index contributed by atoms with van der Waals surface area (Å²) in [6.07, 6.45) is -0.307. The van der Waals surface area contributed by atoms with Crippen molar-refractivity contribution in [2.45, 2.75) is 37.3 Å². The number of hydrogen-bond acceptors (Lipinski definition) is 5. The van der Waals surface area contributed by atoms with Crippen LogP contribution in [0, 0.1) is 0 Å². The highest BCUT2D eigenvalue weighted by Gasteiger charge is 2.43. The number of nitrogens with zero attached hydrogens (tertiary/aromatic N) is 1. The van der Waals surface area contributed by atoms with Crippen molar-refractivity contribution in [1.29, 1.82) is 0 Å². The van der Waals surface area contributed by atoms with E-state index in [0.717, 1.165) is 0 Å². The van der Waals surface area contributed by atoms with E-state index in [1.54, 1.807) is 13.8 Å². The van der Waals surface area contributed by atoms with Gasteiger partial charge in [-0.1, -0.05) is 0 Å². The number of carbonyl (C=O) groups excluding carboxylic acids is 1. The van der Waals surface area contributed by atoms with Crippen LogP contribution in [0.1, 0.15) is 20.3 Å². The minimum Gasteiger partial charge on any atom is -0.348 e. The van der Waals surface area contributed by atoms with Crippen LogP contribution < -0.4 is 0 Å². The monoisotopic (exact) mass is 281 g/mol. The third kappa shape index (κ3) is 2.81. The average molecular weight is 281 g/mol. The first kappa shape index (κ1) is 13.7. The van der Waals surface area contributed by atoms with Gasteiger partial charge in [-0.25, -0.2) is 0 Å². The summed E-state index contributed by atoms with van der Waals surface area (Å²) in [5, 5.41) is -1.26. The van der Waals surface area contributed by atoms with E-state index in [1.165, 1.54) is 4.90 Å². The molecule has 6 nitrogen and oxygen atoms in total. The molecule has 8 heteroatoms. The fourth-order valence-corrected chi connectivity index (χ4v) is 2.78. The first-order valence-electron chi connectivity index (χ1n) is 5.70. The molecule has 104 valence electrons. The Kier molecular flexibility index (Phi) is 3.37. The Hall–Kier alpha value is -0.730. The van der Waals surface area contributed by atoms with Gasteiger partial charge in [0.15, 0.2) is 5.79 Å². The van der Waals surface area contributed by atoms with Crippen LogP contribution in [0.4, 0.5) is 3.89 Å². The molecule has 0 aliphatic carbocycles. The normalized spacial score (nSPS) is 29.8. The highest BCUT2D eigenvalue weighted by Crippen LogP contribution is 2.26. The SMILES string of the molecule is CC1(C)OCC(N2CC(S(=O)(=O)F)CC2=O)CO1. The maximum Gasteiger partial charge on any atom is 0.307 e. The highest BCUT2D eigenvalue weighted by atomic mass is 32.3. The number of ether oxygens (including phenoxy) is 2. The van der Waals surface area contributed by atoms with E-state index in [-0.39, 0.29) is 38.1 Å². The largest absolute Gasteiger partial charge is 0.348 e. The van der Waals surface area contributed by atoms with Gasteiger partial charge in [0.1, 0.15) is 5.25 Å². The molecule has 0 spiro atoms. The molecule has 0 aromatic rings. The van der Waals surface area contributed by atoms with Gasteiger partial charge in [-0.15, -0.1) is 3.89 Å². The molecule has 1 atom stereocenters. The second kappa shape index (κ2) is 4.43. The molecule has 2 aliphatic rings. The van der Waals surface area contributed by atoms with Crippen molar-refractivity contribution in [2.75, 3.05) is 19.8 Å². The number of likely N-dealkylation sites (tertiary alicyclic amines) is 1. The third-order valence-corrected chi connectivity index (χ3v) is 4.32. The van der Waals surface area contributed by atoms with E-state index < -0.39 is 21.3 Å². The molecule has 2 heterocycles. The first-order valence-corrected chi connectivity index (χ1v) is 7.14. The zero-order chi connectivity index (χ0) is 13.6. The summed E-state index contributed by atoms with van der Waals surface area (Å²) in [5.41, 5.74) is 0. The highest BCUT2D eigenvalue weighted by molar-refractivity contribution is 7.87. The standard InChI is InChI=1S/C10H16FNO5S/c1-10(2)16-5-7(6-17-10)12-4-8(3-9(12)13)18(11,14)15/h7-8H,3-6H2,1-2H3. The quantitative estimate of drug-likeness (QED) is 0.668. The van der Waals surface area contributed by atoms with Gasteiger partial charge in [0.2, 0.25) is 5.91 Å². The van der Waals surface area contributed by atoms with Crippen LogP contribution in [0.25, 0.3) is 0 Å². The second-order valence-corrected chi connectivity index (χ2v) is 6.64. The summed E-state index contributed by atoms with van der Waals surface area (Å²) in [6.45, 7) is 3.90. The Morgan fingerprint density at radius 2 is 1.89 bits per heavy atom. The molecule has 1 unspecified atom stereocenters. The molecular weight excluding hydrogens is 265 g/mol. The molecule has 18 heavy (non-hydrogen) atoms. The lowest BCUT2D eigenvalue weighted by Crippen LogP contribution is -2.51. The molecule has 0 aromatic heterocycles. The Morgan fingerprint density at radius 1 is 1.33 bits per heavy atom. The number of amides is 1. The van der Waals surface area contributed by atoms with Crippen molar-refractivity contribution < 1.29 is 26.6 Å². The van der Waals surface area contributed by atoms with E-state index in [1.807, 2.05) is 0 Å². The van der Waals surface area contributed by atoms with E-state index in [4.69, 9.17) is 9.47 Å². The number of hydrogen-bond donors (Lipinski definition) is 0. The molecule has 0 aromatic carbocycles. The van der Waals surface area contributed by atoms with E-state index in [0.29, 0.717) is 0 Å². The lowest BCUT2D eigenvalue weighted by atomic mass is 10.2. The van der Waals surface area contributed by atoms with E-state index in [9.17, 15) is 17.1 Å². The zero-order valence-electron chi connectivity index (χ0n) is 10.3. The van der Waals surface area contributed by atoms with Crippen LogP contribution in [0.2, 0.25) is 0 Å². The Bertz CT molecular complexity index is 439. The van der Waals surface area contributed by atoms with Gasteiger partial charge in [0, 0.05) is 13.0 Å². The molecule has 2 rings (SSSR count).